The second-order valence-electron chi connectivity index (χ2n) is 9.20. The SMILES string of the molecule is CC(C)(C)OC(=O)C1(NS(=O)(=O)c2ccc(-c3cc(C(F)(F)F)on3)s2)CC1c1cccc(N)c1. The molecule has 1 fully saturated rings. The molecule has 4 rings (SSSR count). The molecule has 0 radical (unpaired) electrons. The van der Waals surface area contributed by atoms with Crippen molar-refractivity contribution in [2.45, 2.75) is 54.6 Å². The van der Waals surface area contributed by atoms with Gasteiger partial charge in [-0.05, 0) is 57.0 Å². The Bertz CT molecular complexity index is 1380. The van der Waals surface area contributed by atoms with Crippen LogP contribution in [0.4, 0.5) is 18.9 Å². The maximum atomic E-state index is 13.3. The Labute approximate surface area is 203 Å². The van der Waals surface area contributed by atoms with Crippen molar-refractivity contribution in [1.29, 1.82) is 0 Å². The molecule has 0 bridgehead atoms. The first-order chi connectivity index (χ1) is 16.1. The van der Waals surface area contributed by atoms with E-state index < -0.39 is 45.0 Å². The minimum atomic E-state index is -4.72. The molecular weight excluding hydrogens is 507 g/mol. The second kappa shape index (κ2) is 8.35. The lowest BCUT2D eigenvalue weighted by atomic mass is 10.1. The fraction of sp³-hybridized carbons (Fsp3) is 0.364. The third kappa shape index (κ3) is 5.21. The van der Waals surface area contributed by atoms with Crippen LogP contribution in [0.25, 0.3) is 10.6 Å². The van der Waals surface area contributed by atoms with E-state index in [9.17, 15) is 26.4 Å². The highest BCUT2D eigenvalue weighted by Crippen LogP contribution is 2.54. The van der Waals surface area contributed by atoms with Gasteiger partial charge in [0.1, 0.15) is 21.0 Å². The highest BCUT2D eigenvalue weighted by molar-refractivity contribution is 7.91. The smallest absolute Gasteiger partial charge is 0.452 e. The summed E-state index contributed by atoms with van der Waals surface area (Å²) in [6.07, 6.45) is -4.57. The minimum Gasteiger partial charge on any atom is -0.459 e. The Morgan fingerprint density at radius 1 is 1.23 bits per heavy atom. The summed E-state index contributed by atoms with van der Waals surface area (Å²) >= 11 is 0.697. The lowest BCUT2D eigenvalue weighted by Gasteiger charge is -2.25. The molecule has 2 aromatic heterocycles. The predicted molar refractivity (Wildman–Crippen MR) is 122 cm³/mol. The van der Waals surface area contributed by atoms with Crippen molar-refractivity contribution in [2.24, 2.45) is 0 Å². The molecule has 1 saturated carbocycles. The van der Waals surface area contributed by atoms with Gasteiger partial charge in [-0.1, -0.05) is 17.3 Å². The largest absolute Gasteiger partial charge is 0.459 e. The van der Waals surface area contributed by atoms with Crippen molar-refractivity contribution in [2.75, 3.05) is 5.73 Å². The van der Waals surface area contributed by atoms with Gasteiger partial charge in [-0.25, -0.2) is 13.2 Å². The van der Waals surface area contributed by atoms with Crippen LogP contribution >= 0.6 is 11.3 Å². The fourth-order valence-electron chi connectivity index (χ4n) is 3.61. The van der Waals surface area contributed by atoms with Crippen LogP contribution in [0.15, 0.2) is 51.2 Å². The molecule has 2 heterocycles. The van der Waals surface area contributed by atoms with E-state index in [0.717, 1.165) is 0 Å². The molecule has 3 N–H and O–H groups in total. The first-order valence-corrected chi connectivity index (χ1v) is 12.7. The van der Waals surface area contributed by atoms with Crippen molar-refractivity contribution in [3.8, 4) is 10.6 Å². The molecule has 2 atom stereocenters. The molecule has 0 saturated heterocycles. The molecule has 8 nitrogen and oxygen atoms in total. The van der Waals surface area contributed by atoms with Gasteiger partial charge in [0.25, 0.3) is 10.0 Å². The Morgan fingerprint density at radius 3 is 2.54 bits per heavy atom. The lowest BCUT2D eigenvalue weighted by Crippen LogP contribution is -2.47. The number of esters is 1. The van der Waals surface area contributed by atoms with Gasteiger partial charge in [0, 0.05) is 17.7 Å². The number of halogens is 3. The maximum absolute atomic E-state index is 13.3. The van der Waals surface area contributed by atoms with Crippen molar-refractivity contribution >= 4 is 33.0 Å². The van der Waals surface area contributed by atoms with Gasteiger partial charge in [-0.2, -0.15) is 17.9 Å². The summed E-state index contributed by atoms with van der Waals surface area (Å²) in [5.41, 5.74) is 4.42. The van der Waals surface area contributed by atoms with E-state index in [0.29, 0.717) is 28.7 Å². The van der Waals surface area contributed by atoms with E-state index >= 15 is 0 Å². The molecule has 13 heteroatoms. The Hall–Kier alpha value is -2.90. The molecule has 2 unspecified atom stereocenters. The molecule has 0 aliphatic heterocycles. The van der Waals surface area contributed by atoms with E-state index in [-0.39, 0.29) is 21.2 Å². The number of alkyl halides is 3. The second-order valence-corrected chi connectivity index (χ2v) is 12.2. The minimum absolute atomic E-state index is 0.152. The van der Waals surface area contributed by atoms with E-state index in [1.807, 2.05) is 0 Å². The summed E-state index contributed by atoms with van der Waals surface area (Å²) in [4.78, 5) is 13.3. The molecule has 1 aromatic carbocycles. The third-order valence-corrected chi connectivity index (χ3v) is 8.35. The van der Waals surface area contributed by atoms with Gasteiger partial charge in [0.15, 0.2) is 0 Å². The molecule has 35 heavy (non-hydrogen) atoms. The predicted octanol–water partition coefficient (Wildman–Crippen LogP) is 4.55. The van der Waals surface area contributed by atoms with Gasteiger partial charge in [0.2, 0.25) is 5.76 Å². The fourth-order valence-corrected chi connectivity index (χ4v) is 6.27. The van der Waals surface area contributed by atoms with Crippen LogP contribution in [0.2, 0.25) is 0 Å². The number of benzene rings is 1. The zero-order valence-electron chi connectivity index (χ0n) is 18.8. The third-order valence-electron chi connectivity index (χ3n) is 5.24. The van der Waals surface area contributed by atoms with Gasteiger partial charge in [-0.15, -0.1) is 11.3 Å². The number of carbonyl (C=O) groups excluding carboxylic acids is 1. The molecule has 1 aliphatic rings. The molecule has 188 valence electrons. The van der Waals surface area contributed by atoms with Crippen molar-refractivity contribution in [3.05, 3.63) is 53.8 Å². The first kappa shape index (κ1) is 25.2. The van der Waals surface area contributed by atoms with Gasteiger partial charge in [-0.3, -0.25) is 0 Å². The molecule has 0 amide bonds. The highest BCUT2D eigenvalue weighted by Gasteiger charge is 2.64. The van der Waals surface area contributed by atoms with Crippen LogP contribution in [0, 0.1) is 0 Å². The monoisotopic (exact) mass is 529 g/mol. The number of sulfonamides is 1. The quantitative estimate of drug-likeness (QED) is 0.355. The Kier molecular flexibility index (Phi) is 6.01. The Balaban J connectivity index is 1.64. The van der Waals surface area contributed by atoms with Crippen LogP contribution in [-0.4, -0.2) is 30.7 Å². The van der Waals surface area contributed by atoms with E-state index in [4.69, 9.17) is 10.5 Å². The van der Waals surface area contributed by atoms with Crippen molar-refractivity contribution in [3.63, 3.8) is 0 Å². The first-order valence-electron chi connectivity index (χ1n) is 10.4. The van der Waals surface area contributed by atoms with E-state index in [1.54, 1.807) is 45.0 Å². The Morgan fingerprint density at radius 2 is 1.94 bits per heavy atom. The average Bonchev–Trinajstić information content (AvgIpc) is 3.09. The number of nitrogens with two attached hydrogens (primary N) is 1. The summed E-state index contributed by atoms with van der Waals surface area (Å²) < 4.78 is 77.1. The summed E-state index contributed by atoms with van der Waals surface area (Å²) in [5.74, 6) is -2.54. The maximum Gasteiger partial charge on any atom is 0.452 e. The van der Waals surface area contributed by atoms with Crippen LogP contribution in [0.5, 0.6) is 0 Å². The number of carbonyl (C=O) groups is 1. The zero-order valence-corrected chi connectivity index (χ0v) is 20.5. The standard InChI is InChI=1S/C22H22F3N3O5S2/c1-20(2,3)32-19(29)21(11-14(21)12-5-4-6-13(26)9-12)28-35(30,31)18-8-7-16(34-18)15-10-17(33-27-15)22(23,24)25/h4-10,14,28H,11,26H2,1-3H3. The summed E-state index contributed by atoms with van der Waals surface area (Å²) in [6.45, 7) is 5.01. The number of nitrogens with zero attached hydrogens (tertiary/aromatic N) is 1. The van der Waals surface area contributed by atoms with E-state index in [1.165, 1.54) is 12.1 Å². The normalized spacial score (nSPS) is 20.6. The lowest BCUT2D eigenvalue weighted by molar-refractivity contribution is -0.158. The number of anilines is 1. The number of nitrogens with one attached hydrogen (secondary N) is 1. The number of nitrogen functional groups attached to an aromatic ring is 1. The summed E-state index contributed by atoms with van der Waals surface area (Å²) in [5, 5.41) is 3.38. The number of hydrogen-bond acceptors (Lipinski definition) is 8. The number of ether oxygens (including phenoxy) is 1. The van der Waals surface area contributed by atoms with Crippen LogP contribution in [0.1, 0.15) is 44.4 Å². The number of rotatable bonds is 6. The zero-order chi connectivity index (χ0) is 25.8. The number of hydrogen-bond donors (Lipinski definition) is 2. The van der Waals surface area contributed by atoms with Gasteiger partial charge in [0.05, 0.1) is 4.88 Å². The summed E-state index contributed by atoms with van der Waals surface area (Å²) in [7, 11) is -4.26. The van der Waals surface area contributed by atoms with Gasteiger partial charge >= 0.3 is 12.1 Å². The summed E-state index contributed by atoms with van der Waals surface area (Å²) in [6, 6.07) is 10.0. The average molecular weight is 530 g/mol. The number of thiophene rings is 1. The highest BCUT2D eigenvalue weighted by atomic mass is 32.2. The van der Waals surface area contributed by atoms with Crippen LogP contribution < -0.4 is 10.5 Å². The molecular formula is C22H22F3N3O5S2. The van der Waals surface area contributed by atoms with Crippen LogP contribution in [-0.2, 0) is 25.7 Å². The molecule has 1 aliphatic carbocycles. The molecule has 0 spiro atoms. The molecule has 3 aromatic rings. The van der Waals surface area contributed by atoms with Gasteiger partial charge < -0.3 is 15.0 Å². The van der Waals surface area contributed by atoms with Crippen molar-refractivity contribution < 1.29 is 35.6 Å². The van der Waals surface area contributed by atoms with Crippen LogP contribution in [0.3, 0.4) is 0 Å². The van der Waals surface area contributed by atoms with E-state index in [2.05, 4.69) is 14.4 Å². The van der Waals surface area contributed by atoms with Crippen molar-refractivity contribution in [1.82, 2.24) is 9.88 Å². The number of aromatic nitrogens is 1. The topological polar surface area (TPSA) is 125 Å².